The zero-order valence-electron chi connectivity index (χ0n) is 24.2. The van der Waals surface area contributed by atoms with Crippen molar-refractivity contribution in [3.63, 3.8) is 0 Å². The number of amides is 1. The number of rotatable bonds is 27. The van der Waals surface area contributed by atoms with Crippen LogP contribution in [0.15, 0.2) is 0 Å². The van der Waals surface area contributed by atoms with Crippen LogP contribution in [0.25, 0.3) is 0 Å². The minimum absolute atomic E-state index is 0.186. The van der Waals surface area contributed by atoms with E-state index in [0.717, 1.165) is 38.9 Å². The molecule has 0 aromatic heterocycles. The van der Waals surface area contributed by atoms with E-state index in [1.165, 1.54) is 122 Å². The van der Waals surface area contributed by atoms with Crippen LogP contribution in [-0.2, 0) is 4.79 Å². The first-order valence-corrected chi connectivity index (χ1v) is 15.6. The highest BCUT2D eigenvalue weighted by atomic mass is 16.1. The summed E-state index contributed by atoms with van der Waals surface area (Å²) in [5, 5.41) is 6.32. The van der Waals surface area contributed by atoms with Crippen LogP contribution >= 0.6 is 0 Å². The quantitative estimate of drug-likeness (QED) is 0.0899. The van der Waals surface area contributed by atoms with Crippen LogP contribution in [0.1, 0.15) is 155 Å². The maximum absolute atomic E-state index is 11.4. The van der Waals surface area contributed by atoms with Crippen molar-refractivity contribution >= 4 is 5.91 Å². The zero-order valence-corrected chi connectivity index (χ0v) is 24.2. The van der Waals surface area contributed by atoms with E-state index in [9.17, 15) is 4.79 Å². The van der Waals surface area contributed by atoms with Crippen molar-refractivity contribution in [3.05, 3.63) is 0 Å². The molecule has 0 heterocycles. The first-order valence-electron chi connectivity index (χ1n) is 15.6. The second kappa shape index (κ2) is 35.5. The molecule has 0 aliphatic heterocycles. The van der Waals surface area contributed by atoms with Crippen LogP contribution in [0.4, 0.5) is 0 Å². The van der Waals surface area contributed by atoms with Crippen LogP contribution in [0.2, 0.25) is 0 Å². The summed E-state index contributed by atoms with van der Waals surface area (Å²) in [5.41, 5.74) is 10.8. The molecule has 0 aromatic carbocycles. The Hall–Kier alpha value is -0.650. The first kappa shape index (κ1) is 36.5. The molecular formula is C30H66N4O. The summed E-state index contributed by atoms with van der Waals surface area (Å²) >= 11 is 0. The van der Waals surface area contributed by atoms with Gasteiger partial charge in [-0.2, -0.15) is 0 Å². The van der Waals surface area contributed by atoms with Gasteiger partial charge in [0.1, 0.15) is 0 Å². The highest BCUT2D eigenvalue weighted by molar-refractivity contribution is 5.75. The van der Waals surface area contributed by atoms with Gasteiger partial charge in [-0.15, -0.1) is 0 Å². The van der Waals surface area contributed by atoms with E-state index >= 15 is 0 Å². The Balaban J connectivity index is 0. The number of nitrogens with two attached hydrogens (primary N) is 2. The lowest BCUT2D eigenvalue weighted by Gasteiger charge is -2.04. The van der Waals surface area contributed by atoms with Crippen molar-refractivity contribution in [1.29, 1.82) is 0 Å². The first-order chi connectivity index (χ1) is 17.2. The maximum Gasteiger partial charge on any atom is 0.219 e. The molecule has 0 bridgehead atoms. The van der Waals surface area contributed by atoms with Crippen LogP contribution in [0.5, 0.6) is 0 Å². The van der Waals surface area contributed by atoms with Gasteiger partial charge < -0.3 is 22.1 Å². The molecule has 0 unspecified atom stereocenters. The summed E-state index contributed by atoms with van der Waals surface area (Å²) in [6, 6.07) is 0. The monoisotopic (exact) mass is 499 g/mol. The number of carbonyl (C=O) groups excluding carboxylic acids is 1. The molecule has 0 spiro atoms. The van der Waals surface area contributed by atoms with Gasteiger partial charge in [0.2, 0.25) is 5.91 Å². The Morgan fingerprint density at radius 3 is 1.31 bits per heavy atom. The number of hydrogen-bond acceptors (Lipinski definition) is 4. The fraction of sp³-hybridized carbons (Fsp3) is 0.967. The van der Waals surface area contributed by atoms with E-state index in [0.29, 0.717) is 13.0 Å². The van der Waals surface area contributed by atoms with Crippen molar-refractivity contribution in [2.75, 3.05) is 32.7 Å². The summed E-state index contributed by atoms with van der Waals surface area (Å²) in [7, 11) is 0. The molecule has 0 aromatic rings. The zero-order chi connectivity index (χ0) is 26.1. The van der Waals surface area contributed by atoms with Crippen molar-refractivity contribution < 1.29 is 4.79 Å². The molecule has 212 valence electrons. The van der Waals surface area contributed by atoms with Crippen LogP contribution in [-0.4, -0.2) is 38.6 Å². The minimum Gasteiger partial charge on any atom is -0.356 e. The van der Waals surface area contributed by atoms with Gasteiger partial charge in [0.25, 0.3) is 0 Å². The summed E-state index contributed by atoms with van der Waals surface area (Å²) < 4.78 is 0. The predicted molar refractivity (Wildman–Crippen MR) is 157 cm³/mol. The SMILES string of the molecule is CCCCCCCCCCCC(=O)NCCCN.CCCCCCCCCCCCNCCCN. The lowest BCUT2D eigenvalue weighted by molar-refractivity contribution is -0.121. The Morgan fingerprint density at radius 2 is 0.857 bits per heavy atom. The third kappa shape index (κ3) is 38.1. The number of hydrogen-bond donors (Lipinski definition) is 4. The fourth-order valence-electron chi connectivity index (χ4n) is 4.10. The molecule has 6 N–H and O–H groups in total. The number of unbranched alkanes of at least 4 members (excludes halogenated alkanes) is 17. The summed E-state index contributed by atoms with van der Waals surface area (Å²) in [4.78, 5) is 11.4. The molecule has 0 saturated carbocycles. The summed E-state index contributed by atoms with van der Waals surface area (Å²) in [6.07, 6.45) is 28.5. The molecule has 1 amide bonds. The van der Waals surface area contributed by atoms with Crippen molar-refractivity contribution in [2.24, 2.45) is 11.5 Å². The standard InChI is InChI=1S/C15H32N2O.C15H34N2/c1-2-3-4-5-6-7-8-9-10-12-15(18)17-14-11-13-16;1-2-3-4-5-6-7-8-9-10-11-14-17-15-12-13-16/h2-14,16H2,1H3,(H,17,18);17H,2-16H2,1H3. The highest BCUT2D eigenvalue weighted by Gasteiger charge is 1.99. The van der Waals surface area contributed by atoms with Gasteiger partial charge in [-0.3, -0.25) is 4.79 Å². The highest BCUT2D eigenvalue weighted by Crippen LogP contribution is 2.11. The minimum atomic E-state index is 0.186. The Kier molecular flexibility index (Phi) is 37.0. The van der Waals surface area contributed by atoms with E-state index in [-0.39, 0.29) is 5.91 Å². The molecule has 5 heteroatoms. The number of carbonyl (C=O) groups is 1. The Bertz CT molecular complexity index is 365. The lowest BCUT2D eigenvalue weighted by atomic mass is 10.1. The Labute approximate surface area is 220 Å². The largest absolute Gasteiger partial charge is 0.356 e. The average molecular weight is 499 g/mol. The molecule has 0 aliphatic rings. The van der Waals surface area contributed by atoms with E-state index in [2.05, 4.69) is 24.5 Å². The van der Waals surface area contributed by atoms with Gasteiger partial charge in [0.15, 0.2) is 0 Å². The molecule has 0 radical (unpaired) electrons. The third-order valence-corrected chi connectivity index (χ3v) is 6.48. The fourth-order valence-corrected chi connectivity index (χ4v) is 4.10. The molecular weight excluding hydrogens is 432 g/mol. The van der Waals surface area contributed by atoms with Gasteiger partial charge >= 0.3 is 0 Å². The van der Waals surface area contributed by atoms with Crippen molar-refractivity contribution in [1.82, 2.24) is 10.6 Å². The molecule has 0 aliphatic carbocycles. The second-order valence-corrected chi connectivity index (χ2v) is 10.1. The molecule has 5 nitrogen and oxygen atoms in total. The average Bonchev–Trinajstić information content (AvgIpc) is 2.86. The van der Waals surface area contributed by atoms with E-state index in [4.69, 9.17) is 11.5 Å². The lowest BCUT2D eigenvalue weighted by Crippen LogP contribution is -2.25. The van der Waals surface area contributed by atoms with Crippen molar-refractivity contribution in [3.8, 4) is 0 Å². The summed E-state index contributed by atoms with van der Waals surface area (Å²) in [6.45, 7) is 8.99. The smallest absolute Gasteiger partial charge is 0.219 e. The predicted octanol–water partition coefficient (Wildman–Crippen LogP) is 7.22. The topological polar surface area (TPSA) is 93.2 Å². The maximum atomic E-state index is 11.4. The van der Waals surface area contributed by atoms with Gasteiger partial charge in [0, 0.05) is 13.0 Å². The molecule has 0 rings (SSSR count). The van der Waals surface area contributed by atoms with Crippen molar-refractivity contribution in [2.45, 2.75) is 155 Å². The second-order valence-electron chi connectivity index (χ2n) is 10.1. The number of nitrogens with one attached hydrogen (secondary N) is 2. The van der Waals surface area contributed by atoms with Crippen LogP contribution < -0.4 is 22.1 Å². The van der Waals surface area contributed by atoms with E-state index < -0.39 is 0 Å². The third-order valence-electron chi connectivity index (χ3n) is 6.48. The van der Waals surface area contributed by atoms with Gasteiger partial charge in [-0.1, -0.05) is 123 Å². The van der Waals surface area contributed by atoms with E-state index in [1.807, 2.05) is 0 Å². The van der Waals surface area contributed by atoms with Crippen LogP contribution in [0.3, 0.4) is 0 Å². The normalized spacial score (nSPS) is 10.7. The van der Waals surface area contributed by atoms with Gasteiger partial charge in [-0.25, -0.2) is 0 Å². The molecule has 0 fully saturated rings. The summed E-state index contributed by atoms with van der Waals surface area (Å²) in [5.74, 6) is 0.186. The molecule has 0 atom stereocenters. The van der Waals surface area contributed by atoms with Gasteiger partial charge in [0.05, 0.1) is 0 Å². The Morgan fingerprint density at radius 1 is 0.486 bits per heavy atom. The molecule has 0 saturated heterocycles. The van der Waals surface area contributed by atoms with E-state index in [1.54, 1.807) is 0 Å². The van der Waals surface area contributed by atoms with Gasteiger partial charge in [-0.05, 0) is 51.9 Å². The molecule has 35 heavy (non-hydrogen) atoms. The van der Waals surface area contributed by atoms with Crippen LogP contribution in [0, 0.1) is 0 Å².